The fourth-order valence-corrected chi connectivity index (χ4v) is 3.22. The third-order valence-electron chi connectivity index (χ3n) is 4.62. The van der Waals surface area contributed by atoms with Crippen molar-refractivity contribution in [2.24, 2.45) is 0 Å². The molecular formula is C20H20N4O2. The quantitative estimate of drug-likeness (QED) is 0.783. The molecule has 6 nitrogen and oxygen atoms in total. The highest BCUT2D eigenvalue weighted by Crippen LogP contribution is 2.23. The molecule has 2 aromatic heterocycles. The predicted octanol–water partition coefficient (Wildman–Crippen LogP) is 2.84. The number of furan rings is 1. The molecule has 6 heteroatoms. The molecule has 0 unspecified atom stereocenters. The molecule has 1 amide bonds. The molecule has 2 N–H and O–H groups in total. The van der Waals surface area contributed by atoms with Crippen LogP contribution in [-0.2, 0) is 24.2 Å². The van der Waals surface area contributed by atoms with Gasteiger partial charge in [0, 0.05) is 37.9 Å². The molecule has 0 fully saturated rings. The second-order valence-electron chi connectivity index (χ2n) is 6.44. The number of fused-ring (bicyclic) bond motifs is 1. The molecule has 1 aliphatic rings. The Bertz CT molecular complexity index is 921. The maximum atomic E-state index is 12.6. The van der Waals surface area contributed by atoms with E-state index < -0.39 is 0 Å². The number of hydrogen-bond acceptors (Lipinski definition) is 5. The van der Waals surface area contributed by atoms with Gasteiger partial charge >= 0.3 is 0 Å². The smallest absolute Gasteiger partial charge is 0.223 e. The van der Waals surface area contributed by atoms with E-state index >= 15 is 0 Å². The van der Waals surface area contributed by atoms with Crippen molar-refractivity contribution in [3.05, 3.63) is 65.5 Å². The second kappa shape index (κ2) is 7.00. The Balaban J connectivity index is 1.37. The van der Waals surface area contributed by atoms with Gasteiger partial charge < -0.3 is 15.1 Å². The molecule has 0 atom stereocenters. The van der Waals surface area contributed by atoms with Crippen LogP contribution in [-0.4, -0.2) is 27.5 Å². The summed E-state index contributed by atoms with van der Waals surface area (Å²) in [5.74, 6) is 2.16. The summed E-state index contributed by atoms with van der Waals surface area (Å²) in [4.78, 5) is 14.4. The second-order valence-corrected chi connectivity index (χ2v) is 6.44. The number of benzene rings is 1. The first kappa shape index (κ1) is 16.3. The molecule has 26 heavy (non-hydrogen) atoms. The zero-order valence-electron chi connectivity index (χ0n) is 14.4. The molecule has 3 heterocycles. The Hall–Kier alpha value is -3.15. The van der Waals surface area contributed by atoms with Crippen LogP contribution in [0.1, 0.15) is 23.4 Å². The van der Waals surface area contributed by atoms with Gasteiger partial charge in [-0.15, -0.1) is 5.10 Å². The summed E-state index contributed by atoms with van der Waals surface area (Å²) in [6.07, 6.45) is 1.73. The summed E-state index contributed by atoms with van der Waals surface area (Å²) in [6.45, 7) is 1.21. The molecule has 0 saturated carbocycles. The van der Waals surface area contributed by atoms with E-state index in [9.17, 15) is 4.79 Å². The van der Waals surface area contributed by atoms with E-state index in [-0.39, 0.29) is 5.91 Å². The van der Waals surface area contributed by atoms with Gasteiger partial charge in [0.25, 0.3) is 0 Å². The van der Waals surface area contributed by atoms with Gasteiger partial charge in [-0.25, -0.2) is 0 Å². The zero-order valence-corrected chi connectivity index (χ0v) is 14.4. The lowest BCUT2D eigenvalue weighted by molar-refractivity contribution is -0.132. The highest BCUT2D eigenvalue weighted by molar-refractivity contribution is 5.76. The summed E-state index contributed by atoms with van der Waals surface area (Å²) in [6, 6.07) is 15.6. The van der Waals surface area contributed by atoms with Gasteiger partial charge in [-0.3, -0.25) is 4.79 Å². The minimum atomic E-state index is 0.115. The van der Waals surface area contributed by atoms with Crippen molar-refractivity contribution >= 4 is 11.7 Å². The molecule has 0 aliphatic carbocycles. The number of aromatic nitrogens is 2. The summed E-state index contributed by atoms with van der Waals surface area (Å²) >= 11 is 0. The number of carbonyl (C=O) groups is 1. The average Bonchev–Trinajstić information content (AvgIpc) is 3.15. The van der Waals surface area contributed by atoms with Crippen molar-refractivity contribution in [3.8, 4) is 11.3 Å². The number of aryl methyl sites for hydroxylation is 1. The number of carbonyl (C=O) groups excluding carboxylic acids is 1. The van der Waals surface area contributed by atoms with Gasteiger partial charge in [-0.2, -0.15) is 5.10 Å². The average molecular weight is 348 g/mol. The van der Waals surface area contributed by atoms with Crippen LogP contribution in [0.5, 0.6) is 0 Å². The van der Waals surface area contributed by atoms with Crippen molar-refractivity contribution < 1.29 is 9.21 Å². The van der Waals surface area contributed by atoms with E-state index in [2.05, 4.69) is 10.2 Å². The zero-order chi connectivity index (χ0) is 17.9. The number of rotatable bonds is 4. The van der Waals surface area contributed by atoms with Crippen LogP contribution in [0.2, 0.25) is 0 Å². The summed E-state index contributed by atoms with van der Waals surface area (Å²) < 4.78 is 5.87. The molecule has 1 aliphatic heterocycles. The Morgan fingerprint density at radius 3 is 2.85 bits per heavy atom. The highest BCUT2D eigenvalue weighted by Gasteiger charge is 2.22. The normalized spacial score (nSPS) is 13.5. The molecule has 0 spiro atoms. The molecular weight excluding hydrogens is 328 g/mol. The third kappa shape index (κ3) is 3.44. The number of anilines is 1. The first-order valence-corrected chi connectivity index (χ1v) is 8.72. The lowest BCUT2D eigenvalue weighted by atomic mass is 10.1. The third-order valence-corrected chi connectivity index (χ3v) is 4.62. The van der Waals surface area contributed by atoms with E-state index in [1.807, 2.05) is 47.4 Å². The fraction of sp³-hybridized carbons (Fsp3) is 0.250. The molecule has 0 saturated heterocycles. The van der Waals surface area contributed by atoms with Crippen LogP contribution < -0.4 is 5.73 Å². The monoisotopic (exact) mass is 348 g/mol. The van der Waals surface area contributed by atoms with E-state index in [0.717, 1.165) is 28.3 Å². The molecule has 4 rings (SSSR count). The van der Waals surface area contributed by atoms with Gasteiger partial charge in [-0.1, -0.05) is 30.3 Å². The van der Waals surface area contributed by atoms with Crippen molar-refractivity contribution in [2.45, 2.75) is 25.8 Å². The Kier molecular flexibility index (Phi) is 4.39. The molecule has 0 bridgehead atoms. The topological polar surface area (TPSA) is 85.2 Å². The van der Waals surface area contributed by atoms with Crippen LogP contribution >= 0.6 is 0 Å². The van der Waals surface area contributed by atoms with Crippen LogP contribution in [0, 0.1) is 0 Å². The van der Waals surface area contributed by atoms with Crippen molar-refractivity contribution in [2.75, 3.05) is 12.3 Å². The first-order valence-electron chi connectivity index (χ1n) is 8.72. The van der Waals surface area contributed by atoms with E-state index in [1.165, 1.54) is 0 Å². The minimum Gasteiger partial charge on any atom is -0.461 e. The number of amides is 1. The standard InChI is InChI=1S/C20H20N4O2/c21-19-12-15-13-24(11-10-17(15)22-23-19)20(25)9-7-16-6-8-18(26-16)14-4-2-1-3-5-14/h1-6,8,12H,7,9-11,13H2,(H2,21,23). The Morgan fingerprint density at radius 2 is 2.00 bits per heavy atom. The first-order chi connectivity index (χ1) is 12.7. The summed E-state index contributed by atoms with van der Waals surface area (Å²) in [5, 5.41) is 7.99. The largest absolute Gasteiger partial charge is 0.461 e. The Morgan fingerprint density at radius 1 is 1.15 bits per heavy atom. The van der Waals surface area contributed by atoms with Gasteiger partial charge in [-0.05, 0) is 23.8 Å². The molecule has 3 aromatic rings. The molecule has 1 aromatic carbocycles. The van der Waals surface area contributed by atoms with Crippen molar-refractivity contribution in [3.63, 3.8) is 0 Å². The number of nitrogens with two attached hydrogens (primary N) is 1. The van der Waals surface area contributed by atoms with Gasteiger partial charge in [0.15, 0.2) is 0 Å². The maximum absolute atomic E-state index is 12.6. The molecule has 132 valence electrons. The SMILES string of the molecule is Nc1cc2c(nn1)CCN(C(=O)CCc1ccc(-c3ccccc3)o1)C2. The summed E-state index contributed by atoms with van der Waals surface area (Å²) in [5.41, 5.74) is 8.66. The maximum Gasteiger partial charge on any atom is 0.223 e. The number of nitrogen functional groups attached to an aromatic ring is 1. The van der Waals surface area contributed by atoms with Crippen LogP contribution in [0.3, 0.4) is 0 Å². The highest BCUT2D eigenvalue weighted by atomic mass is 16.3. The number of hydrogen-bond donors (Lipinski definition) is 1. The van der Waals surface area contributed by atoms with E-state index in [0.29, 0.717) is 38.2 Å². The van der Waals surface area contributed by atoms with Crippen molar-refractivity contribution in [1.82, 2.24) is 15.1 Å². The van der Waals surface area contributed by atoms with Crippen LogP contribution in [0.4, 0.5) is 5.82 Å². The van der Waals surface area contributed by atoms with E-state index in [4.69, 9.17) is 10.2 Å². The molecule has 0 radical (unpaired) electrons. The Labute approximate surface area is 151 Å². The minimum absolute atomic E-state index is 0.115. The summed E-state index contributed by atoms with van der Waals surface area (Å²) in [7, 11) is 0. The number of nitrogens with zero attached hydrogens (tertiary/aromatic N) is 3. The van der Waals surface area contributed by atoms with Crippen LogP contribution in [0.15, 0.2) is 52.9 Å². The predicted molar refractivity (Wildman–Crippen MR) is 98.0 cm³/mol. The van der Waals surface area contributed by atoms with E-state index in [1.54, 1.807) is 6.07 Å². The van der Waals surface area contributed by atoms with Gasteiger partial charge in [0.05, 0.1) is 5.69 Å². The van der Waals surface area contributed by atoms with Gasteiger partial charge in [0.2, 0.25) is 5.91 Å². The lowest BCUT2D eigenvalue weighted by Gasteiger charge is -2.28. The lowest BCUT2D eigenvalue weighted by Crippen LogP contribution is -2.36. The van der Waals surface area contributed by atoms with Gasteiger partial charge in [0.1, 0.15) is 17.3 Å². The fourth-order valence-electron chi connectivity index (χ4n) is 3.22. The van der Waals surface area contributed by atoms with Crippen LogP contribution in [0.25, 0.3) is 11.3 Å². The van der Waals surface area contributed by atoms with Crippen molar-refractivity contribution in [1.29, 1.82) is 0 Å².